The van der Waals surface area contributed by atoms with Crippen LogP contribution in [0.25, 0.3) is 0 Å². The van der Waals surface area contributed by atoms with E-state index in [9.17, 15) is 14.0 Å². The molecule has 1 rings (SSSR count). The smallest absolute Gasteiger partial charge is 0.408 e. The molecule has 110 valence electrons. The number of hydrogen-bond acceptors (Lipinski definition) is 3. The average molecular weight is 346 g/mol. The molecule has 0 fully saturated rings. The summed E-state index contributed by atoms with van der Waals surface area (Å²) >= 11 is 3.15. The van der Waals surface area contributed by atoms with Gasteiger partial charge in [-0.1, -0.05) is 15.9 Å². The highest BCUT2D eigenvalue weighted by Gasteiger charge is 2.31. The molecule has 1 N–H and O–H groups in total. The van der Waals surface area contributed by atoms with Gasteiger partial charge in [-0.15, -0.1) is 0 Å². The van der Waals surface area contributed by atoms with E-state index in [2.05, 4.69) is 21.2 Å². The van der Waals surface area contributed by atoms with Gasteiger partial charge in [-0.3, -0.25) is 0 Å². The summed E-state index contributed by atoms with van der Waals surface area (Å²) in [4.78, 5) is 23.1. The molecule has 4 nitrogen and oxygen atoms in total. The van der Waals surface area contributed by atoms with Gasteiger partial charge in [0.15, 0.2) is 0 Å². The predicted molar refractivity (Wildman–Crippen MR) is 76.9 cm³/mol. The van der Waals surface area contributed by atoms with Gasteiger partial charge in [0.2, 0.25) is 0 Å². The number of aldehydes is 1. The van der Waals surface area contributed by atoms with Gasteiger partial charge >= 0.3 is 6.09 Å². The summed E-state index contributed by atoms with van der Waals surface area (Å²) in [6.07, 6.45) is -0.203. The Morgan fingerprint density at radius 3 is 2.35 bits per heavy atom. The van der Waals surface area contributed by atoms with E-state index in [1.165, 1.54) is 19.1 Å². The molecule has 0 heterocycles. The van der Waals surface area contributed by atoms with Crippen molar-refractivity contribution in [3.63, 3.8) is 0 Å². The molecule has 0 saturated heterocycles. The summed E-state index contributed by atoms with van der Waals surface area (Å²) in [6.45, 7) is 6.61. The van der Waals surface area contributed by atoms with Crippen LogP contribution in [0.5, 0.6) is 0 Å². The lowest BCUT2D eigenvalue weighted by Crippen LogP contribution is -2.47. The highest BCUT2D eigenvalue weighted by atomic mass is 79.9. The third kappa shape index (κ3) is 4.59. The molecule has 20 heavy (non-hydrogen) atoms. The standard InChI is InChI=1S/C14H17BrFNO3/c1-13(2,3)20-12(19)17-14(4,8-18)9-5-10(15)7-11(16)6-9/h5-8H,1-4H3,(H,17,19). The van der Waals surface area contributed by atoms with Crippen molar-refractivity contribution in [2.24, 2.45) is 0 Å². The van der Waals surface area contributed by atoms with Crippen LogP contribution in [-0.4, -0.2) is 18.0 Å². The molecule has 0 bridgehead atoms. The first-order valence-corrected chi connectivity index (χ1v) is 6.79. The summed E-state index contributed by atoms with van der Waals surface area (Å²) in [7, 11) is 0. The van der Waals surface area contributed by atoms with Gasteiger partial charge in [-0.2, -0.15) is 0 Å². The van der Waals surface area contributed by atoms with Crippen molar-refractivity contribution in [3.05, 3.63) is 34.1 Å². The summed E-state index contributed by atoms with van der Waals surface area (Å²) < 4.78 is 19.0. The van der Waals surface area contributed by atoms with Crippen molar-refractivity contribution in [1.82, 2.24) is 5.32 Å². The average Bonchev–Trinajstić information content (AvgIpc) is 2.24. The van der Waals surface area contributed by atoms with E-state index in [4.69, 9.17) is 4.74 Å². The van der Waals surface area contributed by atoms with Gasteiger partial charge in [0.05, 0.1) is 0 Å². The summed E-state index contributed by atoms with van der Waals surface area (Å²) in [6, 6.07) is 4.02. The quantitative estimate of drug-likeness (QED) is 0.852. The molecule has 0 aliphatic heterocycles. The van der Waals surface area contributed by atoms with E-state index in [1.807, 2.05) is 0 Å². The molecule has 1 aromatic carbocycles. The summed E-state index contributed by atoms with van der Waals surface area (Å²) in [5.74, 6) is -0.506. The van der Waals surface area contributed by atoms with Crippen LogP contribution in [0.1, 0.15) is 33.3 Å². The van der Waals surface area contributed by atoms with Gasteiger partial charge in [-0.05, 0) is 51.5 Å². The maximum atomic E-state index is 13.4. The Morgan fingerprint density at radius 1 is 1.30 bits per heavy atom. The highest BCUT2D eigenvalue weighted by Crippen LogP contribution is 2.24. The normalized spacial score (nSPS) is 14.3. The molecule has 0 saturated carbocycles. The van der Waals surface area contributed by atoms with Crippen molar-refractivity contribution < 1.29 is 18.7 Å². The van der Waals surface area contributed by atoms with Gasteiger partial charge < -0.3 is 14.8 Å². The first kappa shape index (κ1) is 16.6. The number of halogens is 2. The van der Waals surface area contributed by atoms with E-state index in [-0.39, 0.29) is 0 Å². The van der Waals surface area contributed by atoms with Crippen molar-refractivity contribution in [1.29, 1.82) is 0 Å². The molecule has 0 aliphatic rings. The van der Waals surface area contributed by atoms with Crippen molar-refractivity contribution >= 4 is 28.3 Å². The Labute approximate surface area is 125 Å². The number of nitrogens with one attached hydrogen (secondary N) is 1. The lowest BCUT2D eigenvalue weighted by atomic mass is 9.94. The van der Waals surface area contributed by atoms with Crippen LogP contribution in [0.3, 0.4) is 0 Å². The Hall–Kier alpha value is -1.43. The van der Waals surface area contributed by atoms with Crippen LogP contribution in [0, 0.1) is 5.82 Å². The van der Waals surface area contributed by atoms with Crippen LogP contribution >= 0.6 is 15.9 Å². The number of rotatable bonds is 3. The molecule has 0 aliphatic carbocycles. The third-order valence-corrected chi connectivity index (χ3v) is 2.92. The number of carbonyl (C=O) groups excluding carboxylic acids is 2. The van der Waals surface area contributed by atoms with Crippen molar-refractivity contribution in [2.45, 2.75) is 38.8 Å². The zero-order valence-corrected chi connectivity index (χ0v) is 13.4. The lowest BCUT2D eigenvalue weighted by molar-refractivity contribution is -0.113. The minimum Gasteiger partial charge on any atom is -0.444 e. The van der Waals surface area contributed by atoms with Crippen LogP contribution in [0.4, 0.5) is 9.18 Å². The zero-order valence-electron chi connectivity index (χ0n) is 11.8. The molecule has 0 aromatic heterocycles. The maximum Gasteiger partial charge on any atom is 0.408 e. The Bertz CT molecular complexity index is 507. The zero-order chi connectivity index (χ0) is 15.6. The minimum atomic E-state index is -1.37. The van der Waals surface area contributed by atoms with E-state index in [1.54, 1.807) is 26.8 Å². The van der Waals surface area contributed by atoms with E-state index < -0.39 is 23.1 Å². The number of amides is 1. The Morgan fingerprint density at radius 2 is 1.90 bits per heavy atom. The Kier molecular flexibility index (Phi) is 4.91. The minimum absolute atomic E-state index is 0.324. The molecule has 6 heteroatoms. The van der Waals surface area contributed by atoms with Crippen LogP contribution in [-0.2, 0) is 15.1 Å². The maximum absolute atomic E-state index is 13.4. The van der Waals surface area contributed by atoms with E-state index >= 15 is 0 Å². The van der Waals surface area contributed by atoms with Crippen molar-refractivity contribution in [3.8, 4) is 0 Å². The number of hydrogen-bond donors (Lipinski definition) is 1. The first-order valence-electron chi connectivity index (χ1n) is 6.00. The largest absolute Gasteiger partial charge is 0.444 e. The molecule has 0 spiro atoms. The molecule has 1 aromatic rings. The highest BCUT2D eigenvalue weighted by molar-refractivity contribution is 9.10. The third-order valence-electron chi connectivity index (χ3n) is 2.46. The lowest BCUT2D eigenvalue weighted by Gasteiger charge is -2.28. The fourth-order valence-corrected chi connectivity index (χ4v) is 2.00. The molecular formula is C14H17BrFNO3. The number of alkyl carbamates (subject to hydrolysis) is 1. The van der Waals surface area contributed by atoms with E-state index in [0.29, 0.717) is 16.3 Å². The molecule has 1 atom stereocenters. The van der Waals surface area contributed by atoms with Gasteiger partial charge in [-0.25, -0.2) is 9.18 Å². The number of benzene rings is 1. The van der Waals surface area contributed by atoms with Crippen LogP contribution < -0.4 is 5.32 Å². The SMILES string of the molecule is CC(C)(C)OC(=O)NC(C)(C=O)c1cc(F)cc(Br)c1. The number of carbonyl (C=O) groups is 2. The second kappa shape index (κ2) is 5.91. The molecular weight excluding hydrogens is 329 g/mol. The first-order chi connectivity index (χ1) is 9.05. The number of ether oxygens (including phenoxy) is 1. The fraction of sp³-hybridized carbons (Fsp3) is 0.429. The van der Waals surface area contributed by atoms with Crippen LogP contribution in [0.2, 0.25) is 0 Å². The molecule has 1 amide bonds. The van der Waals surface area contributed by atoms with Gasteiger partial charge in [0.25, 0.3) is 0 Å². The van der Waals surface area contributed by atoms with E-state index in [0.717, 1.165) is 0 Å². The Balaban J connectivity index is 3.02. The second-order valence-electron chi connectivity index (χ2n) is 5.61. The van der Waals surface area contributed by atoms with Crippen LogP contribution in [0.15, 0.2) is 22.7 Å². The molecule has 0 radical (unpaired) electrons. The topological polar surface area (TPSA) is 55.4 Å². The van der Waals surface area contributed by atoms with Crippen molar-refractivity contribution in [2.75, 3.05) is 0 Å². The second-order valence-corrected chi connectivity index (χ2v) is 6.52. The monoisotopic (exact) mass is 345 g/mol. The summed E-state index contributed by atoms with van der Waals surface area (Å²) in [5, 5.41) is 2.45. The molecule has 1 unspecified atom stereocenters. The summed E-state index contributed by atoms with van der Waals surface area (Å²) in [5.41, 5.74) is -1.73. The predicted octanol–water partition coefficient (Wildman–Crippen LogP) is 3.53. The van der Waals surface area contributed by atoms with Gasteiger partial charge in [0, 0.05) is 4.47 Å². The van der Waals surface area contributed by atoms with Gasteiger partial charge in [0.1, 0.15) is 23.2 Å². The fourth-order valence-electron chi connectivity index (χ4n) is 1.54.